The number of guanidine groups is 1. The molecule has 1 aromatic carbocycles. The number of rotatable bonds is 7. The molecule has 0 aliphatic carbocycles. The van der Waals surface area contributed by atoms with Gasteiger partial charge in [0.15, 0.2) is 5.96 Å². The number of carbonyl (C=O) groups is 1. The minimum absolute atomic E-state index is 0. The van der Waals surface area contributed by atoms with Crippen molar-refractivity contribution in [3.8, 4) is 5.75 Å². The van der Waals surface area contributed by atoms with E-state index in [0.29, 0.717) is 12.3 Å². The van der Waals surface area contributed by atoms with Crippen molar-refractivity contribution < 1.29 is 9.53 Å². The molecule has 152 valence electrons. The molecule has 1 aromatic rings. The molecule has 1 heterocycles. The number of nitrogens with one attached hydrogen (secondary N) is 2. The molecule has 7 heteroatoms. The third-order valence-corrected chi connectivity index (χ3v) is 4.96. The van der Waals surface area contributed by atoms with Crippen molar-refractivity contribution in [3.05, 3.63) is 29.8 Å². The average molecular weight is 488 g/mol. The van der Waals surface area contributed by atoms with Gasteiger partial charge in [-0.05, 0) is 49.3 Å². The van der Waals surface area contributed by atoms with Crippen LogP contribution in [0, 0.1) is 5.92 Å². The fourth-order valence-electron chi connectivity index (χ4n) is 3.33. The highest BCUT2D eigenvalue weighted by molar-refractivity contribution is 14.0. The predicted octanol–water partition coefficient (Wildman–Crippen LogP) is 2.67. The van der Waals surface area contributed by atoms with Crippen LogP contribution in [-0.4, -0.2) is 57.6 Å². The van der Waals surface area contributed by atoms with Crippen LogP contribution in [0.25, 0.3) is 0 Å². The molecule has 0 bridgehead atoms. The van der Waals surface area contributed by atoms with E-state index in [1.54, 1.807) is 14.2 Å². The Morgan fingerprint density at radius 2 is 1.93 bits per heavy atom. The molecule has 1 aliphatic heterocycles. The highest BCUT2D eigenvalue weighted by Crippen LogP contribution is 2.20. The summed E-state index contributed by atoms with van der Waals surface area (Å²) in [5.74, 6) is 2.49. The normalized spacial score (nSPS) is 15.1. The lowest BCUT2D eigenvalue weighted by molar-refractivity contribution is -0.121. The summed E-state index contributed by atoms with van der Waals surface area (Å²) < 4.78 is 5.19. The van der Waals surface area contributed by atoms with Crippen molar-refractivity contribution in [1.82, 2.24) is 15.5 Å². The number of aryl methyl sites for hydroxylation is 1. The molecule has 2 N–H and O–H groups in total. The number of nitrogens with zero attached hydrogens (tertiary/aromatic N) is 2. The molecule has 0 saturated carbocycles. The van der Waals surface area contributed by atoms with E-state index in [1.165, 1.54) is 5.56 Å². The van der Waals surface area contributed by atoms with E-state index < -0.39 is 0 Å². The van der Waals surface area contributed by atoms with Gasteiger partial charge in [0.1, 0.15) is 5.75 Å². The van der Waals surface area contributed by atoms with Gasteiger partial charge in [-0.3, -0.25) is 9.79 Å². The Morgan fingerprint density at radius 1 is 1.26 bits per heavy atom. The lowest BCUT2D eigenvalue weighted by atomic mass is 9.93. The summed E-state index contributed by atoms with van der Waals surface area (Å²) in [4.78, 5) is 18.2. The average Bonchev–Trinajstić information content (AvgIpc) is 2.69. The number of likely N-dealkylation sites (tertiary alicyclic amines) is 1. The molecule has 6 nitrogen and oxygen atoms in total. The molecule has 0 unspecified atom stereocenters. The fraction of sp³-hybridized carbons (Fsp3) is 0.600. The standard InChI is InChI=1S/C20H32N4O2.HI/c1-21-19(25)15-17-10-13-24(14-11-17)20(22-2)23-12-4-5-16-6-8-18(26-3)9-7-16;/h6-9,17H,4-5,10-15H2,1-3H3,(H,21,25)(H,22,23);1H. The summed E-state index contributed by atoms with van der Waals surface area (Å²) in [6, 6.07) is 8.24. The minimum atomic E-state index is 0. The van der Waals surface area contributed by atoms with E-state index in [1.807, 2.05) is 19.2 Å². The number of halogens is 1. The van der Waals surface area contributed by atoms with Crippen LogP contribution in [0.2, 0.25) is 0 Å². The summed E-state index contributed by atoms with van der Waals surface area (Å²) in [5.41, 5.74) is 1.32. The molecule has 0 radical (unpaired) electrons. The fourth-order valence-corrected chi connectivity index (χ4v) is 3.33. The maximum atomic E-state index is 11.5. The van der Waals surface area contributed by atoms with Gasteiger partial charge in [-0.15, -0.1) is 24.0 Å². The second kappa shape index (κ2) is 12.8. The number of ether oxygens (including phenoxy) is 1. The second-order valence-electron chi connectivity index (χ2n) is 6.73. The highest BCUT2D eigenvalue weighted by Gasteiger charge is 2.22. The van der Waals surface area contributed by atoms with Gasteiger partial charge >= 0.3 is 0 Å². The zero-order valence-electron chi connectivity index (χ0n) is 16.7. The second-order valence-corrected chi connectivity index (χ2v) is 6.73. The maximum absolute atomic E-state index is 11.5. The van der Waals surface area contributed by atoms with Crippen molar-refractivity contribution in [2.24, 2.45) is 10.9 Å². The van der Waals surface area contributed by atoms with Crippen molar-refractivity contribution in [2.45, 2.75) is 32.1 Å². The molecule has 27 heavy (non-hydrogen) atoms. The van der Waals surface area contributed by atoms with Gasteiger partial charge in [0.25, 0.3) is 0 Å². The lowest BCUT2D eigenvalue weighted by Crippen LogP contribution is -2.46. The van der Waals surface area contributed by atoms with Crippen LogP contribution in [0.5, 0.6) is 5.75 Å². The van der Waals surface area contributed by atoms with E-state index in [-0.39, 0.29) is 29.9 Å². The van der Waals surface area contributed by atoms with Crippen LogP contribution in [0.4, 0.5) is 0 Å². The monoisotopic (exact) mass is 488 g/mol. The van der Waals surface area contributed by atoms with Crippen molar-refractivity contribution in [1.29, 1.82) is 0 Å². The Morgan fingerprint density at radius 3 is 2.48 bits per heavy atom. The maximum Gasteiger partial charge on any atom is 0.220 e. The first-order chi connectivity index (χ1) is 12.7. The third kappa shape index (κ3) is 7.94. The van der Waals surface area contributed by atoms with Gasteiger partial charge in [-0.1, -0.05) is 12.1 Å². The van der Waals surface area contributed by atoms with Gasteiger partial charge in [0.05, 0.1) is 7.11 Å². The number of benzene rings is 1. The van der Waals surface area contributed by atoms with E-state index >= 15 is 0 Å². The predicted molar refractivity (Wildman–Crippen MR) is 121 cm³/mol. The van der Waals surface area contributed by atoms with E-state index in [2.05, 4.69) is 32.7 Å². The largest absolute Gasteiger partial charge is 0.497 e. The zero-order chi connectivity index (χ0) is 18.8. The minimum Gasteiger partial charge on any atom is -0.497 e. The Labute approximate surface area is 180 Å². The SMILES string of the molecule is CN=C(NCCCc1ccc(OC)cc1)N1CCC(CC(=O)NC)CC1.I. The summed E-state index contributed by atoms with van der Waals surface area (Å²) >= 11 is 0. The zero-order valence-corrected chi connectivity index (χ0v) is 19.0. The smallest absolute Gasteiger partial charge is 0.220 e. The number of hydrogen-bond donors (Lipinski definition) is 2. The summed E-state index contributed by atoms with van der Waals surface area (Å²) in [6.45, 7) is 2.82. The van der Waals surface area contributed by atoms with Crippen molar-refractivity contribution in [2.75, 3.05) is 40.8 Å². The van der Waals surface area contributed by atoms with Crippen LogP contribution in [0.3, 0.4) is 0 Å². The quantitative estimate of drug-likeness (QED) is 0.268. The molecular formula is C20H33IN4O2. The molecule has 1 aliphatic rings. The number of aliphatic imine (C=N–C) groups is 1. The van der Waals surface area contributed by atoms with Crippen molar-refractivity contribution >= 4 is 35.8 Å². The summed E-state index contributed by atoms with van der Waals surface area (Å²) in [5, 5.41) is 6.19. The molecule has 1 saturated heterocycles. The van der Waals surface area contributed by atoms with Gasteiger partial charge in [0.2, 0.25) is 5.91 Å². The van der Waals surface area contributed by atoms with Gasteiger partial charge in [-0.2, -0.15) is 0 Å². The van der Waals surface area contributed by atoms with Crippen LogP contribution < -0.4 is 15.4 Å². The first kappa shape index (κ1) is 23.5. The van der Waals surface area contributed by atoms with Crippen molar-refractivity contribution in [3.63, 3.8) is 0 Å². The van der Waals surface area contributed by atoms with E-state index in [0.717, 1.165) is 57.0 Å². The summed E-state index contributed by atoms with van der Waals surface area (Å²) in [7, 11) is 5.23. The topological polar surface area (TPSA) is 66.0 Å². The Hall–Kier alpha value is -1.51. The van der Waals surface area contributed by atoms with Crippen LogP contribution in [0.15, 0.2) is 29.3 Å². The Kier molecular flexibility index (Phi) is 11.2. The molecule has 2 rings (SSSR count). The van der Waals surface area contributed by atoms with Gasteiger partial charge in [-0.25, -0.2) is 0 Å². The lowest BCUT2D eigenvalue weighted by Gasteiger charge is -2.34. The van der Waals surface area contributed by atoms with E-state index in [9.17, 15) is 4.79 Å². The first-order valence-electron chi connectivity index (χ1n) is 9.45. The van der Waals surface area contributed by atoms with Crippen LogP contribution in [-0.2, 0) is 11.2 Å². The number of carbonyl (C=O) groups excluding carboxylic acids is 1. The molecule has 0 spiro atoms. The Balaban J connectivity index is 0.00000364. The highest BCUT2D eigenvalue weighted by atomic mass is 127. The van der Waals surface area contributed by atoms with Gasteiger partial charge < -0.3 is 20.3 Å². The number of amides is 1. The summed E-state index contributed by atoms with van der Waals surface area (Å²) in [6.07, 6.45) is 4.80. The molecule has 0 aromatic heterocycles. The number of piperidine rings is 1. The molecule has 0 atom stereocenters. The number of methoxy groups -OCH3 is 1. The third-order valence-electron chi connectivity index (χ3n) is 4.96. The van der Waals surface area contributed by atoms with Gasteiger partial charge in [0, 0.05) is 40.2 Å². The Bertz CT molecular complexity index is 584. The molecule has 1 amide bonds. The number of hydrogen-bond acceptors (Lipinski definition) is 3. The van der Waals surface area contributed by atoms with Crippen LogP contribution >= 0.6 is 24.0 Å². The molecular weight excluding hydrogens is 455 g/mol. The first-order valence-corrected chi connectivity index (χ1v) is 9.45. The van der Waals surface area contributed by atoms with Crippen LogP contribution in [0.1, 0.15) is 31.2 Å². The van der Waals surface area contributed by atoms with E-state index in [4.69, 9.17) is 4.74 Å². The molecule has 1 fully saturated rings.